The third kappa shape index (κ3) is 3.76. The van der Waals surface area contributed by atoms with Crippen LogP contribution in [-0.2, 0) is 4.79 Å². The average molecular weight is 290 g/mol. The molecular weight excluding hydrogens is 268 g/mol. The Balaban J connectivity index is 2.08. The second-order valence-corrected chi connectivity index (χ2v) is 5.08. The first-order valence-corrected chi connectivity index (χ1v) is 7.09. The summed E-state index contributed by atoms with van der Waals surface area (Å²) in [4.78, 5) is 14.0. The van der Waals surface area contributed by atoms with E-state index in [1.54, 1.807) is 26.4 Å². The molecule has 21 heavy (non-hydrogen) atoms. The van der Waals surface area contributed by atoms with Crippen LogP contribution in [0.3, 0.4) is 0 Å². The lowest BCUT2D eigenvalue weighted by molar-refractivity contribution is -0.126. The molecule has 5 nitrogen and oxygen atoms in total. The Morgan fingerprint density at radius 3 is 2.62 bits per heavy atom. The Bertz CT molecular complexity index is 520. The zero-order valence-electron chi connectivity index (χ0n) is 12.5. The van der Waals surface area contributed by atoms with Crippen molar-refractivity contribution in [3.8, 4) is 11.5 Å². The molecule has 1 fully saturated rings. The number of benzene rings is 1. The quantitative estimate of drug-likeness (QED) is 0.857. The van der Waals surface area contributed by atoms with Crippen molar-refractivity contribution in [1.29, 1.82) is 0 Å². The molecule has 1 saturated heterocycles. The minimum absolute atomic E-state index is 0.00627. The van der Waals surface area contributed by atoms with E-state index < -0.39 is 0 Å². The van der Waals surface area contributed by atoms with Crippen molar-refractivity contribution in [3.63, 3.8) is 0 Å². The summed E-state index contributed by atoms with van der Waals surface area (Å²) in [6.07, 6.45) is 5.07. The Morgan fingerprint density at radius 2 is 2.00 bits per heavy atom. The molecule has 1 aromatic rings. The van der Waals surface area contributed by atoms with Gasteiger partial charge >= 0.3 is 0 Å². The summed E-state index contributed by atoms with van der Waals surface area (Å²) in [5.41, 5.74) is 6.66. The van der Waals surface area contributed by atoms with Crippen LogP contribution in [0, 0.1) is 0 Å². The van der Waals surface area contributed by atoms with Gasteiger partial charge in [-0.05, 0) is 25.0 Å². The number of methoxy groups -OCH3 is 2. The van der Waals surface area contributed by atoms with E-state index in [1.807, 2.05) is 23.1 Å². The summed E-state index contributed by atoms with van der Waals surface area (Å²) in [5, 5.41) is 0. The monoisotopic (exact) mass is 290 g/mol. The first-order valence-electron chi connectivity index (χ1n) is 7.09. The molecule has 2 N–H and O–H groups in total. The number of nitrogens with two attached hydrogens (primary N) is 1. The fraction of sp³-hybridized carbons (Fsp3) is 0.438. The van der Waals surface area contributed by atoms with Gasteiger partial charge in [0.2, 0.25) is 5.91 Å². The fourth-order valence-electron chi connectivity index (χ4n) is 2.43. The molecule has 0 aromatic heterocycles. The molecule has 2 rings (SSSR count). The molecule has 114 valence electrons. The number of para-hydroxylation sites is 1. The largest absolute Gasteiger partial charge is 0.493 e. The lowest BCUT2D eigenvalue weighted by Gasteiger charge is -2.29. The van der Waals surface area contributed by atoms with Gasteiger partial charge < -0.3 is 20.1 Å². The van der Waals surface area contributed by atoms with E-state index in [4.69, 9.17) is 15.2 Å². The van der Waals surface area contributed by atoms with Crippen molar-refractivity contribution in [2.45, 2.75) is 18.9 Å². The maximum Gasteiger partial charge on any atom is 0.246 e. The number of hydrogen-bond donors (Lipinski definition) is 1. The van der Waals surface area contributed by atoms with Gasteiger partial charge in [0.25, 0.3) is 0 Å². The van der Waals surface area contributed by atoms with Gasteiger partial charge in [0.05, 0.1) is 14.2 Å². The van der Waals surface area contributed by atoms with Gasteiger partial charge in [-0.1, -0.05) is 12.1 Å². The third-order valence-electron chi connectivity index (χ3n) is 3.69. The number of hydrogen-bond acceptors (Lipinski definition) is 4. The van der Waals surface area contributed by atoms with E-state index in [-0.39, 0.29) is 11.9 Å². The zero-order chi connectivity index (χ0) is 15.2. The molecule has 0 saturated carbocycles. The van der Waals surface area contributed by atoms with Gasteiger partial charge in [0, 0.05) is 30.8 Å². The number of amides is 1. The first-order chi connectivity index (χ1) is 10.2. The summed E-state index contributed by atoms with van der Waals surface area (Å²) < 4.78 is 10.6. The number of rotatable bonds is 4. The van der Waals surface area contributed by atoms with Crippen molar-refractivity contribution in [1.82, 2.24) is 4.90 Å². The second-order valence-electron chi connectivity index (χ2n) is 5.08. The van der Waals surface area contributed by atoms with Crippen LogP contribution in [-0.4, -0.2) is 44.2 Å². The summed E-state index contributed by atoms with van der Waals surface area (Å²) in [7, 11) is 3.18. The lowest BCUT2D eigenvalue weighted by Crippen LogP contribution is -2.42. The number of likely N-dealkylation sites (tertiary alicyclic amines) is 1. The molecule has 0 radical (unpaired) electrons. The van der Waals surface area contributed by atoms with Crippen molar-refractivity contribution >= 4 is 12.0 Å². The van der Waals surface area contributed by atoms with Gasteiger partial charge in [-0.2, -0.15) is 0 Å². The highest BCUT2D eigenvalue weighted by molar-refractivity contribution is 5.92. The minimum atomic E-state index is 0.00627. The third-order valence-corrected chi connectivity index (χ3v) is 3.69. The number of ether oxygens (including phenoxy) is 2. The smallest absolute Gasteiger partial charge is 0.246 e. The molecule has 1 aliphatic rings. The van der Waals surface area contributed by atoms with Crippen LogP contribution in [0.2, 0.25) is 0 Å². The van der Waals surface area contributed by atoms with Crippen molar-refractivity contribution in [3.05, 3.63) is 29.8 Å². The van der Waals surface area contributed by atoms with E-state index in [1.165, 1.54) is 0 Å². The van der Waals surface area contributed by atoms with E-state index in [0.717, 1.165) is 31.5 Å². The van der Waals surface area contributed by atoms with Crippen LogP contribution in [0.15, 0.2) is 24.3 Å². The van der Waals surface area contributed by atoms with Crippen LogP contribution in [0.4, 0.5) is 0 Å². The molecule has 0 atom stereocenters. The summed E-state index contributed by atoms with van der Waals surface area (Å²) in [6.45, 7) is 1.44. The van der Waals surface area contributed by atoms with E-state index in [0.29, 0.717) is 11.5 Å². The molecule has 1 amide bonds. The Morgan fingerprint density at radius 1 is 1.29 bits per heavy atom. The molecule has 1 aromatic carbocycles. The van der Waals surface area contributed by atoms with E-state index >= 15 is 0 Å². The number of piperidine rings is 1. The van der Waals surface area contributed by atoms with Gasteiger partial charge in [-0.15, -0.1) is 0 Å². The fourth-order valence-corrected chi connectivity index (χ4v) is 2.43. The molecule has 1 heterocycles. The van der Waals surface area contributed by atoms with E-state index in [2.05, 4.69) is 0 Å². The summed E-state index contributed by atoms with van der Waals surface area (Å²) >= 11 is 0. The van der Waals surface area contributed by atoms with Crippen LogP contribution in [0.1, 0.15) is 18.4 Å². The molecule has 0 unspecified atom stereocenters. The molecule has 5 heteroatoms. The van der Waals surface area contributed by atoms with Gasteiger partial charge in [0.1, 0.15) is 0 Å². The van der Waals surface area contributed by atoms with Crippen molar-refractivity contribution in [2.24, 2.45) is 5.73 Å². The Labute approximate surface area is 125 Å². The lowest BCUT2D eigenvalue weighted by atomic mass is 10.1. The molecule has 0 aliphatic carbocycles. The number of carbonyl (C=O) groups excluding carboxylic acids is 1. The second kappa shape index (κ2) is 7.13. The highest BCUT2D eigenvalue weighted by Crippen LogP contribution is 2.31. The van der Waals surface area contributed by atoms with Crippen molar-refractivity contribution in [2.75, 3.05) is 27.3 Å². The highest BCUT2D eigenvalue weighted by Gasteiger charge is 2.18. The van der Waals surface area contributed by atoms with Gasteiger partial charge in [-0.3, -0.25) is 4.79 Å². The molecule has 0 spiro atoms. The SMILES string of the molecule is COc1cccc(/C=C/C(=O)N2CCC(N)CC2)c1OC. The normalized spacial score (nSPS) is 16.2. The summed E-state index contributed by atoms with van der Waals surface area (Å²) in [5.74, 6) is 1.28. The van der Waals surface area contributed by atoms with Crippen molar-refractivity contribution < 1.29 is 14.3 Å². The Hall–Kier alpha value is -2.01. The first kappa shape index (κ1) is 15.4. The maximum atomic E-state index is 12.2. The zero-order valence-corrected chi connectivity index (χ0v) is 12.5. The van der Waals surface area contributed by atoms with Crippen LogP contribution >= 0.6 is 0 Å². The minimum Gasteiger partial charge on any atom is -0.493 e. The predicted molar refractivity (Wildman–Crippen MR) is 82.4 cm³/mol. The predicted octanol–water partition coefficient (Wildman–Crippen LogP) is 1.67. The van der Waals surface area contributed by atoms with Crippen LogP contribution < -0.4 is 15.2 Å². The van der Waals surface area contributed by atoms with Gasteiger partial charge in [0.15, 0.2) is 11.5 Å². The molecular formula is C16H22N2O3. The van der Waals surface area contributed by atoms with Gasteiger partial charge in [-0.25, -0.2) is 0 Å². The number of nitrogens with zero attached hydrogens (tertiary/aromatic N) is 1. The Kier molecular flexibility index (Phi) is 5.22. The topological polar surface area (TPSA) is 64.8 Å². The molecule has 0 bridgehead atoms. The number of carbonyl (C=O) groups is 1. The average Bonchev–Trinajstić information content (AvgIpc) is 2.52. The van der Waals surface area contributed by atoms with Crippen LogP contribution in [0.5, 0.6) is 11.5 Å². The molecule has 1 aliphatic heterocycles. The van der Waals surface area contributed by atoms with E-state index in [9.17, 15) is 4.79 Å². The standard InChI is InChI=1S/C16H22N2O3/c1-20-14-5-3-4-12(16(14)21-2)6-7-15(19)18-10-8-13(17)9-11-18/h3-7,13H,8-11,17H2,1-2H3/b7-6+. The summed E-state index contributed by atoms with van der Waals surface area (Å²) in [6, 6.07) is 5.80. The maximum absolute atomic E-state index is 12.2. The van der Waals surface area contributed by atoms with Crippen LogP contribution in [0.25, 0.3) is 6.08 Å². The highest BCUT2D eigenvalue weighted by atomic mass is 16.5.